The SMILES string of the molecule is Cc1ccc(Cl)c(Cc2cc3c(C)cc(C#N)cc3n2C)c1O. The largest absolute Gasteiger partial charge is 0.507 e. The van der Waals surface area contributed by atoms with Gasteiger partial charge in [0, 0.05) is 40.7 Å². The normalized spacial score (nSPS) is 10.9. The summed E-state index contributed by atoms with van der Waals surface area (Å²) in [6.45, 7) is 3.87. The Morgan fingerprint density at radius 1 is 1.17 bits per heavy atom. The summed E-state index contributed by atoms with van der Waals surface area (Å²) in [5.74, 6) is 0.247. The molecule has 0 unspecified atom stereocenters. The van der Waals surface area contributed by atoms with Crippen molar-refractivity contribution in [1.82, 2.24) is 4.57 Å². The van der Waals surface area contributed by atoms with Crippen LogP contribution in [0.15, 0.2) is 30.3 Å². The Morgan fingerprint density at radius 3 is 2.61 bits per heavy atom. The first-order valence-electron chi connectivity index (χ1n) is 7.38. The second-order valence-corrected chi connectivity index (χ2v) is 6.31. The smallest absolute Gasteiger partial charge is 0.123 e. The van der Waals surface area contributed by atoms with Crippen molar-refractivity contribution in [2.45, 2.75) is 20.3 Å². The van der Waals surface area contributed by atoms with E-state index in [0.717, 1.165) is 33.3 Å². The minimum atomic E-state index is 0.247. The van der Waals surface area contributed by atoms with E-state index in [1.165, 1.54) is 0 Å². The summed E-state index contributed by atoms with van der Waals surface area (Å²) in [6.07, 6.45) is 0.541. The van der Waals surface area contributed by atoms with Gasteiger partial charge in [-0.25, -0.2) is 0 Å². The van der Waals surface area contributed by atoms with Crippen molar-refractivity contribution < 1.29 is 5.11 Å². The van der Waals surface area contributed by atoms with Gasteiger partial charge < -0.3 is 9.67 Å². The highest BCUT2D eigenvalue weighted by atomic mass is 35.5. The molecule has 0 saturated heterocycles. The van der Waals surface area contributed by atoms with E-state index >= 15 is 0 Å². The number of benzene rings is 2. The number of fused-ring (bicyclic) bond motifs is 1. The van der Waals surface area contributed by atoms with Gasteiger partial charge in [0.2, 0.25) is 0 Å². The van der Waals surface area contributed by atoms with Crippen molar-refractivity contribution in [3.8, 4) is 11.8 Å². The van der Waals surface area contributed by atoms with Gasteiger partial charge >= 0.3 is 0 Å². The lowest BCUT2D eigenvalue weighted by atomic mass is 10.0. The molecule has 0 aliphatic heterocycles. The molecule has 0 aliphatic carbocycles. The number of aryl methyl sites for hydroxylation is 3. The van der Waals surface area contributed by atoms with E-state index in [1.807, 2.05) is 45.2 Å². The molecule has 0 amide bonds. The van der Waals surface area contributed by atoms with Gasteiger partial charge in [0.05, 0.1) is 11.6 Å². The zero-order valence-electron chi connectivity index (χ0n) is 13.3. The minimum absolute atomic E-state index is 0.247. The summed E-state index contributed by atoms with van der Waals surface area (Å²) < 4.78 is 2.06. The van der Waals surface area contributed by atoms with Crippen LogP contribution in [-0.2, 0) is 13.5 Å². The number of phenolic OH excluding ortho intramolecular Hbond substituents is 1. The molecule has 0 atom stereocenters. The van der Waals surface area contributed by atoms with Gasteiger partial charge in [-0.2, -0.15) is 5.26 Å². The predicted molar refractivity (Wildman–Crippen MR) is 93.0 cm³/mol. The van der Waals surface area contributed by atoms with Gasteiger partial charge in [-0.05, 0) is 49.2 Å². The number of nitrogens with zero attached hydrogens (tertiary/aromatic N) is 2. The molecular formula is C19H17ClN2O. The zero-order chi connectivity index (χ0) is 16.7. The Bertz CT molecular complexity index is 964. The summed E-state index contributed by atoms with van der Waals surface area (Å²) in [5.41, 5.74) is 5.32. The van der Waals surface area contributed by atoms with Crippen LogP contribution in [0, 0.1) is 25.2 Å². The quantitative estimate of drug-likeness (QED) is 0.748. The van der Waals surface area contributed by atoms with Gasteiger partial charge in [-0.1, -0.05) is 17.7 Å². The highest BCUT2D eigenvalue weighted by Gasteiger charge is 2.14. The van der Waals surface area contributed by atoms with Crippen LogP contribution in [0.5, 0.6) is 5.75 Å². The van der Waals surface area contributed by atoms with Crippen LogP contribution in [-0.4, -0.2) is 9.67 Å². The van der Waals surface area contributed by atoms with Crippen LogP contribution >= 0.6 is 11.6 Å². The van der Waals surface area contributed by atoms with E-state index in [-0.39, 0.29) is 5.75 Å². The summed E-state index contributed by atoms with van der Waals surface area (Å²) in [4.78, 5) is 0. The Kier molecular flexibility index (Phi) is 3.79. The van der Waals surface area contributed by atoms with Crippen molar-refractivity contribution in [3.05, 3.63) is 63.3 Å². The third-order valence-corrected chi connectivity index (χ3v) is 4.74. The van der Waals surface area contributed by atoms with Gasteiger partial charge in [0.15, 0.2) is 0 Å². The molecular weight excluding hydrogens is 308 g/mol. The average Bonchev–Trinajstić information content (AvgIpc) is 2.85. The fourth-order valence-electron chi connectivity index (χ4n) is 2.98. The third-order valence-electron chi connectivity index (χ3n) is 4.38. The van der Waals surface area contributed by atoms with Crippen LogP contribution in [0.2, 0.25) is 5.02 Å². The Hall–Kier alpha value is -2.44. The summed E-state index contributed by atoms with van der Waals surface area (Å²) >= 11 is 6.27. The number of halogens is 1. The molecule has 0 saturated carbocycles. The molecule has 0 radical (unpaired) electrons. The molecule has 0 fully saturated rings. The lowest BCUT2D eigenvalue weighted by molar-refractivity contribution is 0.465. The molecule has 4 heteroatoms. The summed E-state index contributed by atoms with van der Waals surface area (Å²) in [7, 11) is 1.97. The molecule has 0 bridgehead atoms. The maximum atomic E-state index is 10.3. The number of hydrogen-bond acceptors (Lipinski definition) is 2. The second-order valence-electron chi connectivity index (χ2n) is 5.90. The third kappa shape index (κ3) is 2.56. The number of phenols is 1. The first-order valence-corrected chi connectivity index (χ1v) is 7.76. The molecule has 116 valence electrons. The van der Waals surface area contributed by atoms with Crippen molar-refractivity contribution in [3.63, 3.8) is 0 Å². The van der Waals surface area contributed by atoms with Crippen molar-refractivity contribution in [2.75, 3.05) is 0 Å². The van der Waals surface area contributed by atoms with E-state index in [9.17, 15) is 5.11 Å². The predicted octanol–water partition coefficient (Wildman–Crippen LogP) is 4.62. The van der Waals surface area contributed by atoms with E-state index in [0.29, 0.717) is 17.0 Å². The lowest BCUT2D eigenvalue weighted by Crippen LogP contribution is -1.99. The molecule has 3 rings (SSSR count). The molecule has 3 nitrogen and oxygen atoms in total. The fraction of sp³-hybridized carbons (Fsp3) is 0.211. The van der Waals surface area contributed by atoms with E-state index in [2.05, 4.69) is 16.7 Å². The van der Waals surface area contributed by atoms with E-state index < -0.39 is 0 Å². The number of aromatic hydroxyl groups is 1. The Labute approximate surface area is 140 Å². The van der Waals surface area contributed by atoms with Gasteiger partial charge in [0.1, 0.15) is 5.75 Å². The first kappa shape index (κ1) is 15.5. The second kappa shape index (κ2) is 5.64. The summed E-state index contributed by atoms with van der Waals surface area (Å²) in [6, 6.07) is 11.7. The van der Waals surface area contributed by atoms with Crippen molar-refractivity contribution in [1.29, 1.82) is 5.26 Å². The van der Waals surface area contributed by atoms with Gasteiger partial charge in [-0.3, -0.25) is 0 Å². The van der Waals surface area contributed by atoms with Crippen molar-refractivity contribution in [2.24, 2.45) is 7.05 Å². The number of aromatic nitrogens is 1. The van der Waals surface area contributed by atoms with Crippen LogP contribution < -0.4 is 0 Å². The number of hydrogen-bond donors (Lipinski definition) is 1. The summed E-state index contributed by atoms with van der Waals surface area (Å²) in [5, 5.41) is 21.1. The number of nitriles is 1. The standard InChI is InChI=1S/C19H17ClN2O/c1-11-4-5-17(20)16(19(11)23)9-14-8-15-12(2)6-13(10-21)7-18(15)22(14)3/h4-8,23H,9H2,1-3H3. The number of rotatable bonds is 2. The Balaban J connectivity index is 2.16. The molecule has 23 heavy (non-hydrogen) atoms. The lowest BCUT2D eigenvalue weighted by Gasteiger charge is -2.10. The van der Waals surface area contributed by atoms with Crippen LogP contribution in [0.25, 0.3) is 10.9 Å². The first-order chi connectivity index (χ1) is 10.9. The highest BCUT2D eigenvalue weighted by Crippen LogP contribution is 2.33. The molecule has 0 aliphatic rings. The molecule has 1 N–H and O–H groups in total. The zero-order valence-corrected chi connectivity index (χ0v) is 14.1. The highest BCUT2D eigenvalue weighted by molar-refractivity contribution is 6.31. The fourth-order valence-corrected chi connectivity index (χ4v) is 3.19. The van der Waals surface area contributed by atoms with Crippen LogP contribution in [0.1, 0.15) is 27.9 Å². The van der Waals surface area contributed by atoms with Crippen LogP contribution in [0.3, 0.4) is 0 Å². The Morgan fingerprint density at radius 2 is 1.91 bits per heavy atom. The maximum Gasteiger partial charge on any atom is 0.123 e. The van der Waals surface area contributed by atoms with E-state index in [1.54, 1.807) is 0 Å². The monoisotopic (exact) mass is 324 g/mol. The minimum Gasteiger partial charge on any atom is -0.507 e. The molecule has 2 aromatic carbocycles. The molecule has 1 aromatic heterocycles. The molecule has 1 heterocycles. The molecule has 3 aromatic rings. The van der Waals surface area contributed by atoms with E-state index in [4.69, 9.17) is 16.9 Å². The van der Waals surface area contributed by atoms with Gasteiger partial charge in [-0.15, -0.1) is 0 Å². The van der Waals surface area contributed by atoms with Crippen LogP contribution in [0.4, 0.5) is 0 Å². The molecule has 0 spiro atoms. The average molecular weight is 325 g/mol. The van der Waals surface area contributed by atoms with Crippen molar-refractivity contribution >= 4 is 22.5 Å². The maximum absolute atomic E-state index is 10.3. The topological polar surface area (TPSA) is 49.0 Å². The van der Waals surface area contributed by atoms with Gasteiger partial charge in [0.25, 0.3) is 0 Å².